The first-order chi connectivity index (χ1) is 9.06. The molecule has 0 N–H and O–H groups in total. The largest absolute Gasteiger partial charge is 0.220 e. The minimum absolute atomic E-state index is 0.210. The first kappa shape index (κ1) is 14.5. The van der Waals surface area contributed by atoms with Gasteiger partial charge in [-0.25, -0.2) is 9.07 Å². The number of benzene rings is 1. The Morgan fingerprint density at radius 1 is 1.42 bits per heavy atom. The van der Waals surface area contributed by atoms with Crippen LogP contribution < -0.4 is 0 Å². The number of thioether (sulfide) groups is 1. The Balaban J connectivity index is 2.06. The fourth-order valence-electron chi connectivity index (χ4n) is 1.56. The molecule has 0 atom stereocenters. The summed E-state index contributed by atoms with van der Waals surface area (Å²) in [4.78, 5) is 0. The number of hydrogen-bond donors (Lipinski definition) is 0. The summed E-state index contributed by atoms with van der Waals surface area (Å²) in [5.41, 5.74) is 0.637. The lowest BCUT2D eigenvalue weighted by molar-refractivity contribution is 0.445. The van der Waals surface area contributed by atoms with Gasteiger partial charge in [0.2, 0.25) is 5.16 Å². The SMILES string of the molecule is CC(C)Cn1nnnc1SCc1cc(Br)ccc1F. The molecular formula is C12H14BrFN4S. The highest BCUT2D eigenvalue weighted by Gasteiger charge is 2.10. The minimum Gasteiger partial charge on any atom is -0.220 e. The van der Waals surface area contributed by atoms with Crippen molar-refractivity contribution in [3.63, 3.8) is 0 Å². The Morgan fingerprint density at radius 2 is 2.21 bits per heavy atom. The Morgan fingerprint density at radius 3 is 2.95 bits per heavy atom. The molecule has 0 unspecified atom stereocenters. The van der Waals surface area contributed by atoms with Gasteiger partial charge in [-0.2, -0.15) is 0 Å². The second kappa shape index (κ2) is 6.47. The number of aromatic nitrogens is 4. The molecule has 0 amide bonds. The average molecular weight is 345 g/mol. The van der Waals surface area contributed by atoms with Gasteiger partial charge < -0.3 is 0 Å². The first-order valence-electron chi connectivity index (χ1n) is 5.89. The number of halogens is 2. The summed E-state index contributed by atoms with van der Waals surface area (Å²) in [6.07, 6.45) is 0. The van der Waals surface area contributed by atoms with E-state index >= 15 is 0 Å². The third-order valence-corrected chi connectivity index (χ3v) is 3.90. The normalized spacial score (nSPS) is 11.2. The van der Waals surface area contributed by atoms with Gasteiger partial charge in [-0.05, 0) is 40.1 Å². The molecule has 0 saturated carbocycles. The minimum atomic E-state index is -0.210. The molecule has 1 aromatic carbocycles. The number of tetrazole rings is 1. The molecule has 19 heavy (non-hydrogen) atoms. The maximum Gasteiger partial charge on any atom is 0.209 e. The van der Waals surface area contributed by atoms with E-state index in [1.54, 1.807) is 16.8 Å². The highest BCUT2D eigenvalue weighted by atomic mass is 79.9. The van der Waals surface area contributed by atoms with Crippen molar-refractivity contribution in [3.8, 4) is 0 Å². The molecule has 2 aromatic rings. The van der Waals surface area contributed by atoms with Crippen molar-refractivity contribution in [2.75, 3.05) is 0 Å². The van der Waals surface area contributed by atoms with E-state index in [-0.39, 0.29) is 5.82 Å². The topological polar surface area (TPSA) is 43.6 Å². The zero-order valence-corrected chi connectivity index (χ0v) is 13.1. The van der Waals surface area contributed by atoms with Crippen LogP contribution >= 0.6 is 27.7 Å². The lowest BCUT2D eigenvalue weighted by atomic mass is 10.2. The Labute approximate surface area is 123 Å². The van der Waals surface area contributed by atoms with Crippen LogP contribution in [-0.4, -0.2) is 20.2 Å². The summed E-state index contributed by atoms with van der Waals surface area (Å²) >= 11 is 4.78. The van der Waals surface area contributed by atoms with E-state index in [0.29, 0.717) is 22.4 Å². The van der Waals surface area contributed by atoms with Crippen LogP contribution in [0.4, 0.5) is 4.39 Å². The summed E-state index contributed by atoms with van der Waals surface area (Å²) in [5.74, 6) is 0.757. The third kappa shape index (κ3) is 4.01. The van der Waals surface area contributed by atoms with Gasteiger partial charge in [0, 0.05) is 16.8 Å². The molecule has 7 heteroatoms. The first-order valence-corrected chi connectivity index (χ1v) is 7.67. The van der Waals surface area contributed by atoms with Gasteiger partial charge in [0.1, 0.15) is 5.82 Å². The molecule has 0 aliphatic carbocycles. The smallest absolute Gasteiger partial charge is 0.209 e. The molecule has 2 rings (SSSR count). The van der Waals surface area contributed by atoms with Gasteiger partial charge in [-0.3, -0.25) is 0 Å². The van der Waals surface area contributed by atoms with Gasteiger partial charge in [0.25, 0.3) is 0 Å². The highest BCUT2D eigenvalue weighted by Crippen LogP contribution is 2.24. The molecule has 0 aliphatic rings. The van der Waals surface area contributed by atoms with E-state index in [1.165, 1.54) is 17.8 Å². The maximum atomic E-state index is 13.6. The molecule has 1 heterocycles. The Hall–Kier alpha value is -0.950. The van der Waals surface area contributed by atoms with E-state index in [9.17, 15) is 4.39 Å². The van der Waals surface area contributed by atoms with E-state index < -0.39 is 0 Å². The second-order valence-corrected chi connectivity index (χ2v) is 6.42. The molecule has 0 aliphatic heterocycles. The van der Waals surface area contributed by atoms with Crippen molar-refractivity contribution in [2.45, 2.75) is 31.3 Å². The lowest BCUT2D eigenvalue weighted by Crippen LogP contribution is -2.07. The molecule has 1 aromatic heterocycles. The Bertz CT molecular complexity index is 558. The van der Waals surface area contributed by atoms with Crippen LogP contribution in [0.2, 0.25) is 0 Å². The second-order valence-electron chi connectivity index (χ2n) is 4.56. The van der Waals surface area contributed by atoms with Crippen molar-refractivity contribution in [1.29, 1.82) is 0 Å². The average Bonchev–Trinajstić information content (AvgIpc) is 2.77. The third-order valence-electron chi connectivity index (χ3n) is 2.40. The molecule has 4 nitrogen and oxygen atoms in total. The van der Waals surface area contributed by atoms with E-state index in [1.807, 2.05) is 0 Å². The summed E-state index contributed by atoms with van der Waals surface area (Å²) in [6.45, 7) is 4.96. The summed E-state index contributed by atoms with van der Waals surface area (Å²) in [5, 5.41) is 12.3. The number of nitrogens with zero attached hydrogens (tertiary/aromatic N) is 4. The zero-order valence-electron chi connectivity index (χ0n) is 10.7. The van der Waals surface area contributed by atoms with Crippen LogP contribution in [-0.2, 0) is 12.3 Å². The van der Waals surface area contributed by atoms with Crippen molar-refractivity contribution < 1.29 is 4.39 Å². The molecule has 102 valence electrons. The molecule has 0 bridgehead atoms. The fraction of sp³-hybridized carbons (Fsp3) is 0.417. The summed E-state index contributed by atoms with van der Waals surface area (Å²) in [7, 11) is 0. The van der Waals surface area contributed by atoms with Crippen LogP contribution in [0.15, 0.2) is 27.8 Å². The zero-order chi connectivity index (χ0) is 13.8. The standard InChI is InChI=1S/C12H14BrFN4S/c1-8(2)6-18-12(15-16-17-18)19-7-9-5-10(13)3-4-11(9)14/h3-5,8H,6-7H2,1-2H3. The number of rotatable bonds is 5. The molecule has 0 radical (unpaired) electrons. The van der Waals surface area contributed by atoms with Crippen LogP contribution in [0.25, 0.3) is 0 Å². The monoisotopic (exact) mass is 344 g/mol. The predicted molar refractivity (Wildman–Crippen MR) is 76.3 cm³/mol. The van der Waals surface area contributed by atoms with Crippen LogP contribution in [0.1, 0.15) is 19.4 Å². The Kier molecular flexibility index (Phi) is 4.93. The van der Waals surface area contributed by atoms with Crippen molar-refractivity contribution >= 4 is 27.7 Å². The fourth-order valence-corrected chi connectivity index (χ4v) is 2.83. The van der Waals surface area contributed by atoms with E-state index in [0.717, 1.165) is 11.0 Å². The van der Waals surface area contributed by atoms with Crippen molar-refractivity contribution in [1.82, 2.24) is 20.2 Å². The highest BCUT2D eigenvalue weighted by molar-refractivity contribution is 9.10. The van der Waals surface area contributed by atoms with Crippen molar-refractivity contribution in [3.05, 3.63) is 34.1 Å². The van der Waals surface area contributed by atoms with Gasteiger partial charge in [-0.15, -0.1) is 5.10 Å². The molecule has 0 spiro atoms. The van der Waals surface area contributed by atoms with Crippen LogP contribution in [0, 0.1) is 11.7 Å². The van der Waals surface area contributed by atoms with Gasteiger partial charge >= 0.3 is 0 Å². The maximum absolute atomic E-state index is 13.6. The van der Waals surface area contributed by atoms with Gasteiger partial charge in [-0.1, -0.05) is 41.5 Å². The van der Waals surface area contributed by atoms with Crippen LogP contribution in [0.5, 0.6) is 0 Å². The van der Waals surface area contributed by atoms with Crippen LogP contribution in [0.3, 0.4) is 0 Å². The lowest BCUT2D eigenvalue weighted by Gasteiger charge is -2.07. The molecular weight excluding hydrogens is 331 g/mol. The molecule has 0 fully saturated rings. The van der Waals surface area contributed by atoms with Gasteiger partial charge in [0.15, 0.2) is 0 Å². The van der Waals surface area contributed by atoms with Crippen molar-refractivity contribution in [2.24, 2.45) is 5.92 Å². The molecule has 0 saturated heterocycles. The predicted octanol–water partition coefficient (Wildman–Crippen LogP) is 3.52. The van der Waals surface area contributed by atoms with E-state index in [4.69, 9.17) is 0 Å². The summed E-state index contributed by atoms with van der Waals surface area (Å²) < 4.78 is 16.2. The van der Waals surface area contributed by atoms with E-state index in [2.05, 4.69) is 45.3 Å². The number of hydrogen-bond acceptors (Lipinski definition) is 4. The quantitative estimate of drug-likeness (QED) is 0.778. The summed E-state index contributed by atoms with van der Waals surface area (Å²) in [6, 6.07) is 4.92. The van der Waals surface area contributed by atoms with Gasteiger partial charge in [0.05, 0.1) is 0 Å².